The Morgan fingerprint density at radius 2 is 2.21 bits per heavy atom. The third kappa shape index (κ3) is 4.45. The molecule has 1 aliphatic heterocycles. The molecule has 5 nitrogen and oxygen atoms in total. The van der Waals surface area contributed by atoms with Gasteiger partial charge in [0, 0.05) is 23.3 Å². The summed E-state index contributed by atoms with van der Waals surface area (Å²) >= 11 is 3.43. The van der Waals surface area contributed by atoms with Crippen LogP contribution in [0.2, 0.25) is 0 Å². The summed E-state index contributed by atoms with van der Waals surface area (Å²) in [5.41, 5.74) is 1.69. The van der Waals surface area contributed by atoms with Gasteiger partial charge in [-0.05, 0) is 56.5 Å². The Morgan fingerprint density at radius 1 is 1.42 bits per heavy atom. The molecule has 2 aromatic rings. The average Bonchev–Trinajstić information content (AvgIpc) is 3.08. The Hall–Kier alpha value is -1.66. The van der Waals surface area contributed by atoms with Crippen LogP contribution in [0.3, 0.4) is 0 Å². The summed E-state index contributed by atoms with van der Waals surface area (Å²) in [5.74, 6) is -0.109. The van der Waals surface area contributed by atoms with Crippen molar-refractivity contribution in [2.45, 2.75) is 38.3 Å². The first-order valence-corrected chi connectivity index (χ1v) is 9.22. The van der Waals surface area contributed by atoms with Crippen molar-refractivity contribution in [1.82, 2.24) is 20.4 Å². The average molecular weight is 391 g/mol. The van der Waals surface area contributed by atoms with Crippen LogP contribution >= 0.6 is 15.9 Å². The smallest absolute Gasteiger partial charge is 0.271 e. The van der Waals surface area contributed by atoms with Crippen LogP contribution in [0.25, 0.3) is 0 Å². The van der Waals surface area contributed by atoms with Gasteiger partial charge in [-0.2, -0.15) is 5.10 Å². The number of halogens is 1. The first kappa shape index (κ1) is 17.2. The highest BCUT2D eigenvalue weighted by Crippen LogP contribution is 2.16. The zero-order valence-corrected chi connectivity index (χ0v) is 15.4. The minimum absolute atomic E-state index is 0.0557. The van der Waals surface area contributed by atoms with Gasteiger partial charge in [0.2, 0.25) is 0 Å². The van der Waals surface area contributed by atoms with E-state index in [4.69, 9.17) is 0 Å². The zero-order chi connectivity index (χ0) is 16.9. The van der Waals surface area contributed by atoms with Gasteiger partial charge in [-0.15, -0.1) is 0 Å². The highest BCUT2D eigenvalue weighted by atomic mass is 79.9. The number of carbonyl (C=O) groups excluding carboxylic acids is 1. The monoisotopic (exact) mass is 390 g/mol. The molecule has 0 radical (unpaired) electrons. The van der Waals surface area contributed by atoms with Crippen molar-refractivity contribution in [1.29, 1.82) is 0 Å². The van der Waals surface area contributed by atoms with Crippen LogP contribution in [0.1, 0.15) is 41.9 Å². The molecule has 1 fully saturated rings. The van der Waals surface area contributed by atoms with Crippen molar-refractivity contribution in [3.8, 4) is 0 Å². The van der Waals surface area contributed by atoms with Crippen LogP contribution in [0.4, 0.5) is 0 Å². The van der Waals surface area contributed by atoms with Gasteiger partial charge >= 0.3 is 0 Å². The molecule has 0 saturated carbocycles. The SMILES string of the molecule is CC(Cc1ccc(Br)cc1)NC(=O)c1ccn(C2CCCNC2)n1. The number of benzene rings is 1. The summed E-state index contributed by atoms with van der Waals surface area (Å²) < 4.78 is 2.98. The summed E-state index contributed by atoms with van der Waals surface area (Å²) in [6, 6.07) is 10.4. The summed E-state index contributed by atoms with van der Waals surface area (Å²) in [7, 11) is 0. The summed E-state index contributed by atoms with van der Waals surface area (Å²) in [4.78, 5) is 12.4. The van der Waals surface area contributed by atoms with Gasteiger partial charge < -0.3 is 10.6 Å². The Kier molecular flexibility index (Phi) is 5.68. The van der Waals surface area contributed by atoms with Crippen molar-refractivity contribution < 1.29 is 4.79 Å². The number of carbonyl (C=O) groups is 1. The molecule has 1 amide bonds. The largest absolute Gasteiger partial charge is 0.348 e. The number of amides is 1. The summed E-state index contributed by atoms with van der Waals surface area (Å²) in [5, 5.41) is 10.9. The van der Waals surface area contributed by atoms with Crippen molar-refractivity contribution in [3.63, 3.8) is 0 Å². The number of nitrogens with zero attached hydrogens (tertiary/aromatic N) is 2. The molecule has 2 heterocycles. The number of hydrogen-bond acceptors (Lipinski definition) is 3. The second kappa shape index (κ2) is 7.94. The summed E-state index contributed by atoms with van der Waals surface area (Å²) in [6.07, 6.45) is 4.96. The van der Waals surface area contributed by atoms with E-state index in [2.05, 4.69) is 43.8 Å². The molecular weight excluding hydrogens is 368 g/mol. The molecule has 1 saturated heterocycles. The molecule has 128 valence electrons. The van der Waals surface area contributed by atoms with Crippen LogP contribution in [0, 0.1) is 0 Å². The highest BCUT2D eigenvalue weighted by Gasteiger charge is 2.18. The lowest BCUT2D eigenvalue weighted by Crippen LogP contribution is -2.35. The van der Waals surface area contributed by atoms with Gasteiger partial charge in [-0.1, -0.05) is 28.1 Å². The summed E-state index contributed by atoms with van der Waals surface area (Å²) in [6.45, 7) is 4.00. The van der Waals surface area contributed by atoms with Crippen molar-refractivity contribution in [2.24, 2.45) is 0 Å². The molecule has 1 aromatic carbocycles. The molecule has 3 rings (SSSR count). The first-order chi connectivity index (χ1) is 11.6. The maximum atomic E-state index is 12.4. The van der Waals surface area contributed by atoms with E-state index >= 15 is 0 Å². The molecule has 0 aliphatic carbocycles. The number of piperidine rings is 1. The van der Waals surface area contributed by atoms with E-state index in [0.29, 0.717) is 11.7 Å². The molecule has 1 aromatic heterocycles. The molecule has 2 atom stereocenters. The van der Waals surface area contributed by atoms with Gasteiger partial charge in [0.05, 0.1) is 6.04 Å². The Balaban J connectivity index is 1.56. The van der Waals surface area contributed by atoms with Crippen LogP contribution in [-0.2, 0) is 6.42 Å². The van der Waals surface area contributed by atoms with E-state index in [1.807, 2.05) is 29.9 Å². The maximum Gasteiger partial charge on any atom is 0.271 e. The minimum Gasteiger partial charge on any atom is -0.348 e. The fourth-order valence-corrected chi connectivity index (χ4v) is 3.31. The van der Waals surface area contributed by atoms with E-state index in [-0.39, 0.29) is 11.9 Å². The van der Waals surface area contributed by atoms with Crippen molar-refractivity contribution in [3.05, 3.63) is 52.3 Å². The quantitative estimate of drug-likeness (QED) is 0.824. The fourth-order valence-electron chi connectivity index (χ4n) is 3.04. The third-order valence-corrected chi connectivity index (χ3v) is 4.85. The van der Waals surface area contributed by atoms with E-state index < -0.39 is 0 Å². The van der Waals surface area contributed by atoms with Crippen LogP contribution in [-0.4, -0.2) is 34.8 Å². The van der Waals surface area contributed by atoms with Gasteiger partial charge in [-0.3, -0.25) is 9.48 Å². The molecule has 2 N–H and O–H groups in total. The molecule has 2 unspecified atom stereocenters. The lowest BCUT2D eigenvalue weighted by atomic mass is 10.1. The van der Waals surface area contributed by atoms with Crippen molar-refractivity contribution >= 4 is 21.8 Å². The predicted molar refractivity (Wildman–Crippen MR) is 98.1 cm³/mol. The molecule has 1 aliphatic rings. The van der Waals surface area contributed by atoms with Gasteiger partial charge in [0.15, 0.2) is 0 Å². The predicted octanol–water partition coefficient (Wildman–Crippen LogP) is 2.93. The number of rotatable bonds is 5. The zero-order valence-electron chi connectivity index (χ0n) is 13.8. The molecule has 0 spiro atoms. The number of nitrogens with one attached hydrogen (secondary N) is 2. The highest BCUT2D eigenvalue weighted by molar-refractivity contribution is 9.10. The van der Waals surface area contributed by atoms with Gasteiger partial charge in [0.1, 0.15) is 5.69 Å². The lowest BCUT2D eigenvalue weighted by molar-refractivity contribution is 0.0933. The van der Waals surface area contributed by atoms with Gasteiger partial charge in [0.25, 0.3) is 5.91 Å². The normalized spacial score (nSPS) is 19.0. The first-order valence-electron chi connectivity index (χ1n) is 8.43. The molecule has 24 heavy (non-hydrogen) atoms. The van der Waals surface area contributed by atoms with Gasteiger partial charge in [-0.25, -0.2) is 0 Å². The van der Waals surface area contributed by atoms with E-state index in [1.54, 1.807) is 6.07 Å². The molecular formula is C18H23BrN4O. The minimum atomic E-state index is -0.109. The maximum absolute atomic E-state index is 12.4. The van der Waals surface area contributed by atoms with E-state index in [0.717, 1.165) is 36.8 Å². The molecule has 0 bridgehead atoms. The third-order valence-electron chi connectivity index (χ3n) is 4.32. The van der Waals surface area contributed by atoms with E-state index in [1.165, 1.54) is 5.56 Å². The fraction of sp³-hybridized carbons (Fsp3) is 0.444. The standard InChI is InChI=1S/C18H23BrN4O/c1-13(11-14-4-6-15(19)7-5-14)21-18(24)17-8-10-23(22-17)16-3-2-9-20-12-16/h4-8,10,13,16,20H,2-3,9,11-12H2,1H3,(H,21,24). The lowest BCUT2D eigenvalue weighted by Gasteiger charge is -2.22. The Morgan fingerprint density at radius 3 is 2.92 bits per heavy atom. The van der Waals surface area contributed by atoms with Crippen LogP contribution in [0.15, 0.2) is 41.0 Å². The topological polar surface area (TPSA) is 59.0 Å². The molecule has 6 heteroatoms. The van der Waals surface area contributed by atoms with Crippen LogP contribution < -0.4 is 10.6 Å². The second-order valence-electron chi connectivity index (χ2n) is 6.39. The van der Waals surface area contributed by atoms with Crippen LogP contribution in [0.5, 0.6) is 0 Å². The van der Waals surface area contributed by atoms with Crippen molar-refractivity contribution in [2.75, 3.05) is 13.1 Å². The Labute approximate surface area is 151 Å². The second-order valence-corrected chi connectivity index (χ2v) is 7.30. The number of aromatic nitrogens is 2. The Bertz CT molecular complexity index is 677. The van der Waals surface area contributed by atoms with E-state index in [9.17, 15) is 4.79 Å². The number of hydrogen-bond donors (Lipinski definition) is 2.